The number of anilines is 1. The van der Waals surface area contributed by atoms with E-state index in [-0.39, 0.29) is 5.78 Å². The minimum Gasteiger partial charge on any atom is -0.398 e. The molecule has 22 heavy (non-hydrogen) atoms. The van der Waals surface area contributed by atoms with E-state index in [1.807, 2.05) is 6.07 Å². The van der Waals surface area contributed by atoms with Crippen LogP contribution < -0.4 is 11.5 Å². The van der Waals surface area contributed by atoms with Crippen LogP contribution >= 0.6 is 11.6 Å². The Hall–Kier alpha value is -2.79. The molecule has 0 aliphatic heterocycles. The Morgan fingerprint density at radius 2 is 1.77 bits per heavy atom. The summed E-state index contributed by atoms with van der Waals surface area (Å²) in [4.78, 5) is 24.3. The maximum Gasteiger partial charge on any atom is 0.323 e. The third kappa shape index (κ3) is 2.21. The second kappa shape index (κ2) is 5.20. The van der Waals surface area contributed by atoms with Gasteiger partial charge in [-0.25, -0.2) is 4.79 Å². The number of primary amides is 1. The second-order valence-electron chi connectivity index (χ2n) is 4.84. The number of ketones is 1. The van der Waals surface area contributed by atoms with Crippen LogP contribution in [0.25, 0.3) is 10.9 Å². The average Bonchev–Trinajstić information content (AvgIpc) is 2.87. The maximum absolute atomic E-state index is 12.7. The fourth-order valence-electron chi connectivity index (χ4n) is 2.46. The molecule has 1 aromatic heterocycles. The van der Waals surface area contributed by atoms with Gasteiger partial charge in [0.05, 0.1) is 11.1 Å². The molecule has 1 amide bonds. The number of nitrogen functional groups attached to an aromatic ring is 1. The van der Waals surface area contributed by atoms with Gasteiger partial charge in [0.1, 0.15) is 0 Å². The van der Waals surface area contributed by atoms with Gasteiger partial charge < -0.3 is 11.5 Å². The van der Waals surface area contributed by atoms with Gasteiger partial charge in [-0.15, -0.1) is 0 Å². The lowest BCUT2D eigenvalue weighted by Crippen LogP contribution is -2.18. The molecule has 6 heteroatoms. The van der Waals surface area contributed by atoms with Gasteiger partial charge in [0, 0.05) is 27.9 Å². The molecule has 0 saturated heterocycles. The van der Waals surface area contributed by atoms with Crippen molar-refractivity contribution in [3.8, 4) is 0 Å². The Labute approximate surface area is 131 Å². The maximum atomic E-state index is 12.7. The summed E-state index contributed by atoms with van der Waals surface area (Å²) in [5.74, 6) is -0.236. The van der Waals surface area contributed by atoms with Crippen molar-refractivity contribution >= 4 is 40.0 Å². The largest absolute Gasteiger partial charge is 0.398 e. The lowest BCUT2D eigenvalue weighted by Gasteiger charge is -2.03. The molecular weight excluding hydrogens is 302 g/mol. The first-order valence-corrected chi connectivity index (χ1v) is 6.86. The zero-order valence-electron chi connectivity index (χ0n) is 11.4. The van der Waals surface area contributed by atoms with Crippen LogP contribution in [0.2, 0.25) is 5.02 Å². The number of benzene rings is 2. The summed E-state index contributed by atoms with van der Waals surface area (Å²) in [6, 6.07) is 11.1. The topological polar surface area (TPSA) is 91.1 Å². The number of hydrogen-bond donors (Lipinski definition) is 2. The Bertz CT molecular complexity index is 901. The van der Waals surface area contributed by atoms with Crippen molar-refractivity contribution < 1.29 is 9.59 Å². The summed E-state index contributed by atoms with van der Waals surface area (Å²) >= 11 is 5.98. The summed E-state index contributed by atoms with van der Waals surface area (Å²) in [5, 5.41) is 0.835. The Kier molecular flexibility index (Phi) is 3.35. The first kappa shape index (κ1) is 14.2. The highest BCUT2D eigenvalue weighted by Crippen LogP contribution is 2.31. The summed E-state index contributed by atoms with van der Waals surface area (Å²) in [7, 11) is 0. The van der Waals surface area contributed by atoms with Crippen molar-refractivity contribution in [2.24, 2.45) is 5.73 Å². The number of hydrogen-bond acceptors (Lipinski definition) is 3. The van der Waals surface area contributed by atoms with Crippen LogP contribution in [0.4, 0.5) is 10.5 Å². The molecule has 0 aliphatic carbocycles. The van der Waals surface area contributed by atoms with Gasteiger partial charge in [-0.2, -0.15) is 0 Å². The van der Waals surface area contributed by atoms with Crippen molar-refractivity contribution in [1.29, 1.82) is 0 Å². The number of aromatic nitrogens is 1. The van der Waals surface area contributed by atoms with Gasteiger partial charge in [0.25, 0.3) is 0 Å². The Morgan fingerprint density at radius 1 is 1.09 bits per heavy atom. The van der Waals surface area contributed by atoms with Gasteiger partial charge in [0.2, 0.25) is 0 Å². The summed E-state index contributed by atoms with van der Waals surface area (Å²) in [6.45, 7) is 0. The van der Waals surface area contributed by atoms with Crippen molar-refractivity contribution in [1.82, 2.24) is 4.57 Å². The first-order valence-electron chi connectivity index (χ1n) is 6.48. The number of nitrogens with two attached hydrogens (primary N) is 2. The summed E-state index contributed by atoms with van der Waals surface area (Å²) < 4.78 is 1.17. The van der Waals surface area contributed by atoms with Gasteiger partial charge in [-0.05, 0) is 12.1 Å². The van der Waals surface area contributed by atoms with E-state index >= 15 is 0 Å². The molecule has 0 spiro atoms. The van der Waals surface area contributed by atoms with Crippen LogP contribution in [-0.4, -0.2) is 16.4 Å². The van der Waals surface area contributed by atoms with Crippen LogP contribution in [0.1, 0.15) is 15.9 Å². The molecule has 0 radical (unpaired) electrons. The Morgan fingerprint density at radius 3 is 2.41 bits per heavy atom. The van der Waals surface area contributed by atoms with Crippen molar-refractivity contribution in [2.45, 2.75) is 0 Å². The lowest BCUT2D eigenvalue weighted by atomic mass is 10.0. The highest BCUT2D eigenvalue weighted by Gasteiger charge is 2.20. The van der Waals surface area contributed by atoms with Crippen molar-refractivity contribution in [3.63, 3.8) is 0 Å². The number of amides is 1. The van der Waals surface area contributed by atoms with Crippen LogP contribution in [0.15, 0.2) is 48.7 Å². The predicted octanol–water partition coefficient (Wildman–Crippen LogP) is 3.03. The lowest BCUT2D eigenvalue weighted by molar-refractivity contribution is 0.104. The molecular formula is C16H12ClN3O2. The van der Waals surface area contributed by atoms with Gasteiger partial charge in [-0.1, -0.05) is 41.9 Å². The molecule has 4 N–H and O–H groups in total. The van der Waals surface area contributed by atoms with Crippen LogP contribution in [0.3, 0.4) is 0 Å². The molecule has 0 bridgehead atoms. The molecule has 0 fully saturated rings. The fourth-order valence-corrected chi connectivity index (χ4v) is 2.68. The monoisotopic (exact) mass is 313 g/mol. The number of carbonyl (C=O) groups is 2. The highest BCUT2D eigenvalue weighted by atomic mass is 35.5. The number of halogens is 1. The summed E-state index contributed by atoms with van der Waals surface area (Å²) in [5.41, 5.74) is 12.9. The number of rotatable bonds is 2. The molecule has 110 valence electrons. The number of fused-ring (bicyclic) bond motifs is 1. The fraction of sp³-hybridized carbons (Fsp3) is 0. The minimum absolute atomic E-state index is 0.236. The smallest absolute Gasteiger partial charge is 0.323 e. The first-order chi connectivity index (χ1) is 10.5. The van der Waals surface area contributed by atoms with E-state index in [1.54, 1.807) is 30.3 Å². The van der Waals surface area contributed by atoms with Crippen LogP contribution in [0, 0.1) is 0 Å². The zero-order chi connectivity index (χ0) is 15.9. The van der Waals surface area contributed by atoms with E-state index in [0.717, 1.165) is 0 Å². The van der Waals surface area contributed by atoms with E-state index in [4.69, 9.17) is 23.1 Å². The predicted molar refractivity (Wildman–Crippen MR) is 86.2 cm³/mol. The van der Waals surface area contributed by atoms with E-state index in [9.17, 15) is 9.59 Å². The molecule has 0 saturated carbocycles. The highest BCUT2D eigenvalue weighted by molar-refractivity contribution is 6.32. The van der Waals surface area contributed by atoms with Crippen molar-refractivity contribution in [3.05, 3.63) is 64.8 Å². The SMILES string of the molecule is NC(=O)n1cc(C(=O)c2ccccc2)c2c(N)cc(Cl)cc21. The third-order valence-electron chi connectivity index (χ3n) is 3.42. The molecule has 0 aliphatic rings. The van der Waals surface area contributed by atoms with Gasteiger partial charge in [-0.3, -0.25) is 9.36 Å². The normalized spacial score (nSPS) is 10.8. The third-order valence-corrected chi connectivity index (χ3v) is 3.64. The molecule has 0 unspecified atom stereocenters. The Balaban J connectivity index is 2.31. The van der Waals surface area contributed by atoms with E-state index in [2.05, 4.69) is 0 Å². The molecule has 2 aromatic carbocycles. The minimum atomic E-state index is -0.709. The van der Waals surface area contributed by atoms with Gasteiger partial charge >= 0.3 is 6.03 Å². The second-order valence-corrected chi connectivity index (χ2v) is 5.27. The number of nitrogens with zero attached hydrogens (tertiary/aromatic N) is 1. The summed E-state index contributed by atoms with van der Waals surface area (Å²) in [6.07, 6.45) is 1.40. The average molecular weight is 314 g/mol. The van der Waals surface area contributed by atoms with Crippen molar-refractivity contribution in [2.75, 3.05) is 5.73 Å². The molecule has 5 nitrogen and oxygen atoms in total. The quantitative estimate of drug-likeness (QED) is 0.562. The number of carbonyl (C=O) groups excluding carboxylic acids is 2. The van der Waals surface area contributed by atoms with E-state index < -0.39 is 6.03 Å². The molecule has 3 aromatic rings. The van der Waals surface area contributed by atoms with Crippen LogP contribution in [-0.2, 0) is 0 Å². The zero-order valence-corrected chi connectivity index (χ0v) is 12.2. The standard InChI is InChI=1S/C16H12ClN3O2/c17-10-6-12(18)14-11(8-20(16(19)22)13(14)7-10)15(21)9-4-2-1-3-5-9/h1-8H,18H2,(H2,19,22). The molecule has 0 atom stereocenters. The van der Waals surface area contributed by atoms with Gasteiger partial charge in [0.15, 0.2) is 5.78 Å². The van der Waals surface area contributed by atoms with E-state index in [1.165, 1.54) is 16.8 Å². The molecule has 3 rings (SSSR count). The molecule has 1 heterocycles. The van der Waals surface area contributed by atoms with Crippen LogP contribution in [0.5, 0.6) is 0 Å². The van der Waals surface area contributed by atoms with E-state index in [0.29, 0.717) is 32.7 Å².